The average Bonchev–Trinajstić information content (AvgIpc) is 2.71. The summed E-state index contributed by atoms with van der Waals surface area (Å²) in [5, 5.41) is 15.6. The minimum atomic E-state index is -1.21. The van der Waals surface area contributed by atoms with E-state index < -0.39 is 5.97 Å². The molecule has 0 bridgehead atoms. The smallest absolute Gasteiger partial charge is 0.342 e. The van der Waals surface area contributed by atoms with Gasteiger partial charge in [0.25, 0.3) is 0 Å². The van der Waals surface area contributed by atoms with Gasteiger partial charge in [0, 0.05) is 0 Å². The van der Waals surface area contributed by atoms with E-state index in [1.165, 1.54) is 6.20 Å². The molecular formula is C8H5ClN2O4. The first-order valence-corrected chi connectivity index (χ1v) is 4.29. The number of aryl methyl sites for hydroxylation is 1. The number of carbonyl (C=O) groups is 1. The molecule has 78 valence electrons. The number of aromatic carboxylic acids is 1. The van der Waals surface area contributed by atoms with Crippen LogP contribution in [0.2, 0.25) is 5.15 Å². The van der Waals surface area contributed by atoms with Crippen LogP contribution in [0.3, 0.4) is 0 Å². The van der Waals surface area contributed by atoms with Crippen LogP contribution in [-0.2, 0) is 0 Å². The Labute approximate surface area is 88.4 Å². The SMILES string of the molecule is Cc1oncc1-c1onc(Cl)c1C(=O)O. The molecule has 0 saturated heterocycles. The van der Waals surface area contributed by atoms with E-state index in [-0.39, 0.29) is 16.5 Å². The number of hydrogen-bond acceptors (Lipinski definition) is 5. The van der Waals surface area contributed by atoms with Crippen molar-refractivity contribution in [2.75, 3.05) is 0 Å². The van der Waals surface area contributed by atoms with E-state index in [4.69, 9.17) is 25.8 Å². The second-order valence-corrected chi connectivity index (χ2v) is 3.14. The first-order chi connectivity index (χ1) is 7.11. The molecule has 6 nitrogen and oxygen atoms in total. The molecule has 2 rings (SSSR count). The van der Waals surface area contributed by atoms with Gasteiger partial charge in [-0.05, 0) is 6.92 Å². The molecule has 0 saturated carbocycles. The maximum absolute atomic E-state index is 10.9. The summed E-state index contributed by atoms with van der Waals surface area (Å²) in [4.78, 5) is 10.9. The van der Waals surface area contributed by atoms with Crippen molar-refractivity contribution in [1.82, 2.24) is 10.3 Å². The van der Waals surface area contributed by atoms with E-state index in [2.05, 4.69) is 10.3 Å². The molecule has 0 aliphatic rings. The van der Waals surface area contributed by atoms with Gasteiger partial charge in [-0.15, -0.1) is 0 Å². The van der Waals surface area contributed by atoms with Gasteiger partial charge in [-0.1, -0.05) is 21.9 Å². The molecule has 0 amide bonds. The molecule has 0 aliphatic carbocycles. The summed E-state index contributed by atoms with van der Waals surface area (Å²) in [7, 11) is 0. The van der Waals surface area contributed by atoms with Crippen molar-refractivity contribution in [2.24, 2.45) is 0 Å². The Hall–Kier alpha value is -1.82. The fraction of sp³-hybridized carbons (Fsp3) is 0.125. The van der Waals surface area contributed by atoms with Crippen LogP contribution in [0, 0.1) is 6.92 Å². The first-order valence-electron chi connectivity index (χ1n) is 3.91. The topological polar surface area (TPSA) is 89.4 Å². The van der Waals surface area contributed by atoms with Gasteiger partial charge in [-0.3, -0.25) is 0 Å². The Morgan fingerprint density at radius 2 is 2.27 bits per heavy atom. The second kappa shape index (κ2) is 3.39. The highest BCUT2D eigenvalue weighted by Gasteiger charge is 2.25. The first kappa shape index (κ1) is 9.72. The number of hydrogen-bond donors (Lipinski definition) is 1. The zero-order valence-electron chi connectivity index (χ0n) is 7.52. The van der Waals surface area contributed by atoms with Crippen molar-refractivity contribution >= 4 is 17.6 Å². The van der Waals surface area contributed by atoms with Crippen LogP contribution in [0.4, 0.5) is 0 Å². The highest BCUT2D eigenvalue weighted by Crippen LogP contribution is 2.30. The Bertz CT molecular complexity index is 516. The molecule has 2 aromatic rings. The van der Waals surface area contributed by atoms with Gasteiger partial charge in [0.05, 0.1) is 11.8 Å². The van der Waals surface area contributed by atoms with E-state index in [1.807, 2.05) is 0 Å². The molecule has 0 unspecified atom stereocenters. The van der Waals surface area contributed by atoms with Gasteiger partial charge in [0.1, 0.15) is 11.3 Å². The fourth-order valence-electron chi connectivity index (χ4n) is 1.16. The average molecular weight is 229 g/mol. The van der Waals surface area contributed by atoms with Crippen molar-refractivity contribution in [3.63, 3.8) is 0 Å². The lowest BCUT2D eigenvalue weighted by atomic mass is 10.1. The Balaban J connectivity index is 2.64. The van der Waals surface area contributed by atoms with Crippen molar-refractivity contribution in [3.8, 4) is 11.3 Å². The van der Waals surface area contributed by atoms with Gasteiger partial charge in [0.2, 0.25) is 0 Å². The summed E-state index contributed by atoms with van der Waals surface area (Å²) in [5.41, 5.74) is 0.231. The molecule has 2 heterocycles. The zero-order valence-corrected chi connectivity index (χ0v) is 8.28. The van der Waals surface area contributed by atoms with Crippen LogP contribution >= 0.6 is 11.6 Å². The standard InChI is InChI=1S/C8H5ClN2O4/c1-3-4(2-10-14-3)6-5(8(12)13)7(9)11-15-6/h2H,1H3,(H,12,13). The van der Waals surface area contributed by atoms with Gasteiger partial charge >= 0.3 is 5.97 Å². The molecule has 0 radical (unpaired) electrons. The molecule has 0 atom stereocenters. The quantitative estimate of drug-likeness (QED) is 0.845. The number of aromatic nitrogens is 2. The summed E-state index contributed by atoms with van der Waals surface area (Å²) in [6.45, 7) is 1.63. The van der Waals surface area contributed by atoms with E-state index in [0.717, 1.165) is 0 Å². The van der Waals surface area contributed by atoms with E-state index in [0.29, 0.717) is 11.3 Å². The normalized spacial score (nSPS) is 10.5. The van der Waals surface area contributed by atoms with E-state index in [9.17, 15) is 4.79 Å². The molecule has 15 heavy (non-hydrogen) atoms. The van der Waals surface area contributed by atoms with Gasteiger partial charge in [-0.25, -0.2) is 4.79 Å². The molecule has 0 fully saturated rings. The Morgan fingerprint density at radius 1 is 1.53 bits per heavy atom. The molecule has 1 N–H and O–H groups in total. The maximum Gasteiger partial charge on any atom is 0.342 e. The summed E-state index contributed by atoms with van der Waals surface area (Å²) in [6, 6.07) is 0. The van der Waals surface area contributed by atoms with Crippen LogP contribution < -0.4 is 0 Å². The largest absolute Gasteiger partial charge is 0.477 e. The van der Waals surface area contributed by atoms with Gasteiger partial charge in [0.15, 0.2) is 10.9 Å². The third-order valence-electron chi connectivity index (χ3n) is 1.86. The minimum absolute atomic E-state index is 0.0475. The highest BCUT2D eigenvalue weighted by molar-refractivity contribution is 6.32. The predicted molar refractivity (Wildman–Crippen MR) is 48.7 cm³/mol. The fourth-order valence-corrected chi connectivity index (χ4v) is 1.36. The summed E-state index contributed by atoms with van der Waals surface area (Å²) in [6.07, 6.45) is 1.35. The Morgan fingerprint density at radius 3 is 2.80 bits per heavy atom. The zero-order chi connectivity index (χ0) is 11.0. The summed E-state index contributed by atoms with van der Waals surface area (Å²) in [5.74, 6) is -0.728. The summed E-state index contributed by atoms with van der Waals surface area (Å²) < 4.78 is 9.61. The minimum Gasteiger partial charge on any atom is -0.477 e. The number of halogens is 1. The number of carboxylic acid groups (broad SMARTS) is 1. The van der Waals surface area contributed by atoms with Crippen molar-refractivity contribution in [2.45, 2.75) is 6.92 Å². The molecule has 7 heteroatoms. The van der Waals surface area contributed by atoms with Crippen LogP contribution in [0.5, 0.6) is 0 Å². The molecule has 2 aromatic heterocycles. The van der Waals surface area contributed by atoms with Gasteiger partial charge < -0.3 is 14.2 Å². The third-order valence-corrected chi connectivity index (χ3v) is 2.12. The van der Waals surface area contributed by atoms with Gasteiger partial charge in [-0.2, -0.15) is 0 Å². The second-order valence-electron chi connectivity index (χ2n) is 2.78. The van der Waals surface area contributed by atoms with Crippen LogP contribution in [0.1, 0.15) is 16.1 Å². The maximum atomic E-state index is 10.9. The molecular weight excluding hydrogens is 224 g/mol. The lowest BCUT2D eigenvalue weighted by Crippen LogP contribution is -1.97. The molecule has 0 aromatic carbocycles. The van der Waals surface area contributed by atoms with Crippen molar-refractivity contribution in [1.29, 1.82) is 0 Å². The van der Waals surface area contributed by atoms with E-state index in [1.54, 1.807) is 6.92 Å². The lowest BCUT2D eigenvalue weighted by molar-refractivity contribution is 0.0697. The number of carboxylic acids is 1. The number of rotatable bonds is 2. The molecule has 0 spiro atoms. The number of nitrogens with zero attached hydrogens (tertiary/aromatic N) is 2. The van der Waals surface area contributed by atoms with Crippen LogP contribution in [0.25, 0.3) is 11.3 Å². The Kier molecular flexibility index (Phi) is 2.20. The lowest BCUT2D eigenvalue weighted by Gasteiger charge is -1.92. The van der Waals surface area contributed by atoms with Crippen molar-refractivity contribution < 1.29 is 18.9 Å². The third kappa shape index (κ3) is 1.48. The predicted octanol–water partition coefficient (Wildman–Crippen LogP) is 1.99. The summed E-state index contributed by atoms with van der Waals surface area (Å²) >= 11 is 5.57. The van der Waals surface area contributed by atoms with E-state index >= 15 is 0 Å². The van der Waals surface area contributed by atoms with Crippen LogP contribution in [-0.4, -0.2) is 21.4 Å². The highest BCUT2D eigenvalue weighted by atomic mass is 35.5. The van der Waals surface area contributed by atoms with Crippen LogP contribution in [0.15, 0.2) is 15.2 Å². The van der Waals surface area contributed by atoms with Crippen molar-refractivity contribution in [3.05, 3.63) is 22.7 Å². The monoisotopic (exact) mass is 228 g/mol. The molecule has 0 aliphatic heterocycles.